The highest BCUT2D eigenvalue weighted by Gasteiger charge is 2.31. The van der Waals surface area contributed by atoms with Crippen molar-refractivity contribution >= 4 is 12.0 Å². The smallest absolute Gasteiger partial charge is 0.334 e. The van der Waals surface area contributed by atoms with Crippen LogP contribution >= 0.6 is 0 Å². The summed E-state index contributed by atoms with van der Waals surface area (Å²) in [4.78, 5) is 11.8. The van der Waals surface area contributed by atoms with E-state index in [1.807, 2.05) is 26.0 Å². The zero-order chi connectivity index (χ0) is 13.6. The van der Waals surface area contributed by atoms with Crippen LogP contribution in [0.25, 0.3) is 6.08 Å². The van der Waals surface area contributed by atoms with Crippen molar-refractivity contribution in [1.82, 2.24) is 0 Å². The van der Waals surface area contributed by atoms with Crippen LogP contribution in [0.1, 0.15) is 42.8 Å². The SMILES string of the molecule is C/C1=C/c2occ(C)c2C2C=C(CC[C@H]1O)C(=O)O2. The standard InChI is InChI=1S/C15H16O4/c1-8-5-12-14(9(2)7-18-12)13-6-10(15(17)19-13)3-4-11(8)16/h5-7,11,13,16H,3-4H2,1-2H3/b8-5-/t11-,13?/m1/s1. The summed E-state index contributed by atoms with van der Waals surface area (Å²) in [5.74, 6) is 0.370. The van der Waals surface area contributed by atoms with Gasteiger partial charge in [-0.25, -0.2) is 4.79 Å². The van der Waals surface area contributed by atoms with Crippen molar-refractivity contribution < 1.29 is 19.1 Å². The van der Waals surface area contributed by atoms with Gasteiger partial charge in [-0.3, -0.25) is 0 Å². The second-order valence-electron chi connectivity index (χ2n) is 5.16. The Morgan fingerprint density at radius 2 is 2.16 bits per heavy atom. The Bertz CT molecular complexity index is 591. The molecule has 0 saturated carbocycles. The summed E-state index contributed by atoms with van der Waals surface area (Å²) >= 11 is 0. The summed E-state index contributed by atoms with van der Waals surface area (Å²) in [7, 11) is 0. The molecule has 1 aliphatic carbocycles. The molecule has 0 saturated heterocycles. The van der Waals surface area contributed by atoms with Gasteiger partial charge in [0.15, 0.2) is 6.10 Å². The average Bonchev–Trinajstić information content (AvgIpc) is 2.89. The molecule has 2 heterocycles. The molecule has 0 spiro atoms. The zero-order valence-electron chi connectivity index (χ0n) is 11.0. The van der Waals surface area contributed by atoms with E-state index in [0.29, 0.717) is 24.2 Å². The lowest BCUT2D eigenvalue weighted by molar-refractivity contribution is -0.140. The quantitative estimate of drug-likeness (QED) is 0.728. The molecule has 4 heteroatoms. The van der Waals surface area contributed by atoms with Crippen molar-refractivity contribution in [2.24, 2.45) is 0 Å². The third-order valence-electron chi connectivity index (χ3n) is 3.76. The van der Waals surface area contributed by atoms with Gasteiger partial charge in [0, 0.05) is 11.1 Å². The largest absolute Gasteiger partial charge is 0.464 e. The number of fused-ring (bicyclic) bond motifs is 3. The molecule has 2 atom stereocenters. The van der Waals surface area contributed by atoms with Gasteiger partial charge in [0.25, 0.3) is 0 Å². The van der Waals surface area contributed by atoms with Crippen LogP contribution in [0.3, 0.4) is 0 Å². The number of aliphatic hydroxyl groups excluding tert-OH is 1. The number of carbonyl (C=O) groups is 1. The lowest BCUT2D eigenvalue weighted by Crippen LogP contribution is -2.09. The van der Waals surface area contributed by atoms with Gasteiger partial charge in [-0.15, -0.1) is 0 Å². The van der Waals surface area contributed by atoms with Crippen LogP contribution in [0.5, 0.6) is 0 Å². The van der Waals surface area contributed by atoms with Crippen LogP contribution < -0.4 is 0 Å². The highest BCUT2D eigenvalue weighted by Crippen LogP contribution is 2.37. The fourth-order valence-corrected chi connectivity index (χ4v) is 2.58. The topological polar surface area (TPSA) is 59.7 Å². The van der Waals surface area contributed by atoms with E-state index in [2.05, 4.69) is 0 Å². The van der Waals surface area contributed by atoms with Crippen molar-refractivity contribution in [3.8, 4) is 0 Å². The molecule has 0 amide bonds. The van der Waals surface area contributed by atoms with Crippen molar-refractivity contribution in [2.45, 2.75) is 38.9 Å². The molecule has 0 fully saturated rings. The first kappa shape index (κ1) is 12.2. The van der Waals surface area contributed by atoms with Crippen LogP contribution in [-0.2, 0) is 9.53 Å². The van der Waals surface area contributed by atoms with Crippen LogP contribution in [0.15, 0.2) is 27.9 Å². The summed E-state index contributed by atoms with van der Waals surface area (Å²) in [5.41, 5.74) is 3.30. The minimum atomic E-state index is -0.566. The molecule has 2 aliphatic rings. The van der Waals surface area contributed by atoms with Crippen molar-refractivity contribution in [3.63, 3.8) is 0 Å². The summed E-state index contributed by atoms with van der Waals surface area (Å²) in [5, 5.41) is 10.1. The normalized spacial score (nSPS) is 29.1. The van der Waals surface area contributed by atoms with Crippen LogP contribution in [0.2, 0.25) is 0 Å². The van der Waals surface area contributed by atoms with E-state index in [4.69, 9.17) is 9.15 Å². The van der Waals surface area contributed by atoms with E-state index >= 15 is 0 Å². The summed E-state index contributed by atoms with van der Waals surface area (Å²) in [6, 6.07) is 0. The van der Waals surface area contributed by atoms with Gasteiger partial charge in [-0.1, -0.05) is 0 Å². The van der Waals surface area contributed by atoms with E-state index in [1.54, 1.807) is 6.26 Å². The van der Waals surface area contributed by atoms with Crippen molar-refractivity contribution in [3.05, 3.63) is 40.4 Å². The van der Waals surface area contributed by atoms with Gasteiger partial charge in [0.1, 0.15) is 5.76 Å². The lowest BCUT2D eigenvalue weighted by Gasteiger charge is -2.12. The number of aliphatic hydroxyl groups is 1. The molecule has 100 valence electrons. The molecule has 3 rings (SSSR count). The van der Waals surface area contributed by atoms with Crippen LogP contribution in [0, 0.1) is 6.92 Å². The van der Waals surface area contributed by atoms with E-state index < -0.39 is 6.10 Å². The monoisotopic (exact) mass is 260 g/mol. The molecule has 1 aromatic heterocycles. The highest BCUT2D eigenvalue weighted by atomic mass is 16.5. The fourth-order valence-electron chi connectivity index (χ4n) is 2.58. The Labute approximate surface area is 111 Å². The molecule has 1 N–H and O–H groups in total. The first-order valence-electron chi connectivity index (χ1n) is 6.42. The number of furan rings is 1. The lowest BCUT2D eigenvalue weighted by atomic mass is 9.96. The summed E-state index contributed by atoms with van der Waals surface area (Å²) in [6.45, 7) is 3.79. The maximum absolute atomic E-state index is 11.8. The summed E-state index contributed by atoms with van der Waals surface area (Å²) < 4.78 is 10.9. The Morgan fingerprint density at radius 1 is 1.37 bits per heavy atom. The van der Waals surface area contributed by atoms with Crippen molar-refractivity contribution in [2.75, 3.05) is 0 Å². The number of hydrogen-bond donors (Lipinski definition) is 1. The molecule has 1 aliphatic heterocycles. The number of ether oxygens (including phenoxy) is 1. The second-order valence-corrected chi connectivity index (χ2v) is 5.16. The van der Waals surface area contributed by atoms with Gasteiger partial charge >= 0.3 is 5.97 Å². The Kier molecular flexibility index (Phi) is 2.82. The van der Waals surface area contributed by atoms with E-state index in [-0.39, 0.29) is 12.1 Å². The van der Waals surface area contributed by atoms with Gasteiger partial charge in [0.2, 0.25) is 0 Å². The minimum Gasteiger partial charge on any atom is -0.464 e. The molecule has 0 radical (unpaired) electrons. The maximum Gasteiger partial charge on any atom is 0.334 e. The zero-order valence-corrected chi connectivity index (χ0v) is 11.0. The van der Waals surface area contributed by atoms with Crippen LogP contribution in [0.4, 0.5) is 0 Å². The molecule has 2 bridgehead atoms. The number of rotatable bonds is 0. The molecule has 4 nitrogen and oxygen atoms in total. The van der Waals surface area contributed by atoms with Crippen LogP contribution in [-0.4, -0.2) is 17.2 Å². The maximum atomic E-state index is 11.8. The second kappa shape index (κ2) is 4.38. The number of carbonyl (C=O) groups excluding carboxylic acids is 1. The van der Waals surface area contributed by atoms with E-state index in [1.165, 1.54) is 0 Å². The minimum absolute atomic E-state index is 0.289. The first-order valence-corrected chi connectivity index (χ1v) is 6.42. The average molecular weight is 260 g/mol. The van der Waals surface area contributed by atoms with E-state index in [0.717, 1.165) is 16.7 Å². The third kappa shape index (κ3) is 2.02. The number of hydrogen-bond acceptors (Lipinski definition) is 4. The van der Waals surface area contributed by atoms with Gasteiger partial charge in [0.05, 0.1) is 12.4 Å². The number of aryl methyl sites for hydroxylation is 1. The van der Waals surface area contributed by atoms with E-state index in [9.17, 15) is 9.90 Å². The third-order valence-corrected chi connectivity index (χ3v) is 3.76. The first-order chi connectivity index (χ1) is 9.06. The Hall–Kier alpha value is -1.81. The summed E-state index contributed by atoms with van der Waals surface area (Å²) in [6.07, 6.45) is 5.44. The molecular weight excluding hydrogens is 244 g/mol. The molecule has 1 unspecified atom stereocenters. The van der Waals surface area contributed by atoms with Gasteiger partial charge in [-0.2, -0.15) is 0 Å². The molecule has 0 aromatic carbocycles. The highest BCUT2D eigenvalue weighted by molar-refractivity contribution is 5.91. The predicted molar refractivity (Wildman–Crippen MR) is 69.3 cm³/mol. The predicted octanol–water partition coefficient (Wildman–Crippen LogP) is 2.67. The Morgan fingerprint density at radius 3 is 2.95 bits per heavy atom. The molecular formula is C15H16O4. The number of esters is 1. The molecule has 19 heavy (non-hydrogen) atoms. The van der Waals surface area contributed by atoms with Gasteiger partial charge < -0.3 is 14.3 Å². The van der Waals surface area contributed by atoms with Crippen molar-refractivity contribution in [1.29, 1.82) is 0 Å². The fraction of sp³-hybridized carbons (Fsp3) is 0.400. The molecule has 1 aromatic rings. The van der Waals surface area contributed by atoms with Gasteiger partial charge in [-0.05, 0) is 50.0 Å². The Balaban J connectivity index is 2.13.